The zero-order chi connectivity index (χ0) is 13.0. The predicted molar refractivity (Wildman–Crippen MR) is 78.2 cm³/mol. The molecule has 100 valence electrons. The summed E-state index contributed by atoms with van der Waals surface area (Å²) in [5.41, 5.74) is 2.83. The van der Waals surface area contributed by atoms with Crippen molar-refractivity contribution in [1.29, 1.82) is 0 Å². The first kappa shape index (κ1) is 15.2. The molecule has 0 fully saturated rings. The molecule has 0 aliphatic heterocycles. The van der Waals surface area contributed by atoms with E-state index in [0.717, 1.165) is 3.57 Å². The van der Waals surface area contributed by atoms with Crippen molar-refractivity contribution in [3.8, 4) is 5.75 Å². The van der Waals surface area contributed by atoms with Crippen LogP contribution in [0.1, 0.15) is 16.1 Å². The Morgan fingerprint density at radius 1 is 1.42 bits per heavy atom. The molecule has 0 unspecified atom stereocenters. The van der Waals surface area contributed by atoms with Crippen molar-refractivity contribution in [2.45, 2.75) is 0 Å². The molecule has 1 aromatic heterocycles. The number of hydrogen-bond acceptors (Lipinski definition) is 4. The summed E-state index contributed by atoms with van der Waals surface area (Å²) in [6.07, 6.45) is 2.78. The van der Waals surface area contributed by atoms with Gasteiger partial charge in [-0.3, -0.25) is 4.79 Å². The van der Waals surface area contributed by atoms with Gasteiger partial charge in [0.1, 0.15) is 5.75 Å². The number of nitrogens with one attached hydrogen (secondary N) is 1. The number of phenols is 1. The Bertz CT molecular complexity index is 581. The topological polar surface area (TPSA) is 106 Å². The third-order valence-corrected chi connectivity index (χ3v) is 2.78. The lowest BCUT2D eigenvalue weighted by molar-refractivity contribution is 0.0927. The Kier molecular flexibility index (Phi) is 5.52. The zero-order valence-corrected chi connectivity index (χ0v) is 11.8. The summed E-state index contributed by atoms with van der Waals surface area (Å²) in [5.74, 6) is -0.160. The van der Waals surface area contributed by atoms with Crippen LogP contribution in [0.2, 0.25) is 0 Å². The van der Waals surface area contributed by atoms with Crippen molar-refractivity contribution in [3.63, 3.8) is 0 Å². The van der Waals surface area contributed by atoms with Gasteiger partial charge in [0.2, 0.25) is 0 Å². The van der Waals surface area contributed by atoms with E-state index in [4.69, 9.17) is 4.42 Å². The number of hydrazone groups is 1. The van der Waals surface area contributed by atoms with Crippen LogP contribution in [0.25, 0.3) is 0 Å². The van der Waals surface area contributed by atoms with Crippen molar-refractivity contribution in [3.05, 3.63) is 51.5 Å². The normalized spacial score (nSPS) is 10.2. The van der Waals surface area contributed by atoms with E-state index in [0.29, 0.717) is 5.56 Å². The quantitative estimate of drug-likeness (QED) is 0.483. The van der Waals surface area contributed by atoms with Crippen LogP contribution in [0.5, 0.6) is 5.75 Å². The molecule has 0 aliphatic rings. The Balaban J connectivity index is 0.00000180. The number of halogens is 1. The summed E-state index contributed by atoms with van der Waals surface area (Å²) in [4.78, 5) is 11.5. The lowest BCUT2D eigenvalue weighted by Gasteiger charge is -1.99. The van der Waals surface area contributed by atoms with Crippen molar-refractivity contribution >= 4 is 34.7 Å². The van der Waals surface area contributed by atoms with Gasteiger partial charge in [0, 0.05) is 9.13 Å². The summed E-state index contributed by atoms with van der Waals surface area (Å²) in [5, 5.41) is 13.3. The van der Waals surface area contributed by atoms with Crippen LogP contribution in [0.15, 0.2) is 46.1 Å². The number of nitrogens with zero attached hydrogens (tertiary/aromatic N) is 1. The first-order valence-electron chi connectivity index (χ1n) is 5.02. The number of carbonyl (C=O) groups excluding carboxylic acids is 1. The summed E-state index contributed by atoms with van der Waals surface area (Å²) < 4.78 is 5.87. The van der Waals surface area contributed by atoms with Gasteiger partial charge in [-0.05, 0) is 52.9 Å². The average Bonchev–Trinajstić information content (AvgIpc) is 2.87. The predicted octanol–water partition coefficient (Wildman–Crippen LogP) is 1.53. The van der Waals surface area contributed by atoms with Gasteiger partial charge in [0.25, 0.3) is 0 Å². The molecule has 7 heteroatoms. The van der Waals surface area contributed by atoms with Crippen LogP contribution in [-0.4, -0.2) is 22.7 Å². The fourth-order valence-electron chi connectivity index (χ4n) is 1.25. The lowest BCUT2D eigenvalue weighted by Crippen LogP contribution is -2.16. The Morgan fingerprint density at radius 3 is 2.89 bits per heavy atom. The SMILES string of the molecule is O.O=C(N/N=C/c1cc(I)ccc1O)c1ccco1. The molecule has 0 spiro atoms. The first-order valence-corrected chi connectivity index (χ1v) is 6.10. The molecule has 2 rings (SSSR count). The standard InChI is InChI=1S/C12H9IN2O3.H2O/c13-9-3-4-10(16)8(6-9)7-14-15-12(17)11-2-1-5-18-11;/h1-7,16H,(H,15,17);1H2/b14-7+;. The van der Waals surface area contributed by atoms with Crippen molar-refractivity contribution < 1.29 is 19.8 Å². The van der Waals surface area contributed by atoms with Gasteiger partial charge in [-0.25, -0.2) is 5.43 Å². The number of rotatable bonds is 3. The molecule has 19 heavy (non-hydrogen) atoms. The van der Waals surface area contributed by atoms with Gasteiger partial charge >= 0.3 is 5.91 Å². The first-order chi connectivity index (χ1) is 8.66. The second-order valence-electron chi connectivity index (χ2n) is 3.38. The van der Waals surface area contributed by atoms with Gasteiger partial charge in [0.05, 0.1) is 12.5 Å². The molecular formula is C12H11IN2O4. The van der Waals surface area contributed by atoms with Gasteiger partial charge in [-0.2, -0.15) is 5.10 Å². The molecule has 2 aromatic rings. The van der Waals surface area contributed by atoms with Crippen LogP contribution in [0, 0.1) is 3.57 Å². The lowest BCUT2D eigenvalue weighted by atomic mass is 10.2. The van der Waals surface area contributed by atoms with E-state index in [-0.39, 0.29) is 17.0 Å². The maximum absolute atomic E-state index is 11.5. The monoisotopic (exact) mass is 374 g/mol. The second kappa shape index (κ2) is 6.90. The summed E-state index contributed by atoms with van der Waals surface area (Å²) in [6.45, 7) is 0. The van der Waals surface area contributed by atoms with E-state index >= 15 is 0 Å². The van der Waals surface area contributed by atoms with E-state index in [1.807, 2.05) is 0 Å². The third kappa shape index (κ3) is 4.07. The summed E-state index contributed by atoms with van der Waals surface area (Å²) in [6, 6.07) is 8.24. The highest BCUT2D eigenvalue weighted by Gasteiger charge is 2.06. The van der Waals surface area contributed by atoms with Gasteiger partial charge in [0.15, 0.2) is 5.76 Å². The molecule has 1 heterocycles. The fourth-order valence-corrected chi connectivity index (χ4v) is 1.77. The summed E-state index contributed by atoms with van der Waals surface area (Å²) >= 11 is 2.12. The molecule has 1 aromatic carbocycles. The fraction of sp³-hybridized carbons (Fsp3) is 0. The number of hydrogen-bond donors (Lipinski definition) is 2. The second-order valence-corrected chi connectivity index (χ2v) is 4.63. The number of benzene rings is 1. The van der Waals surface area contributed by atoms with E-state index < -0.39 is 5.91 Å². The Morgan fingerprint density at radius 2 is 2.21 bits per heavy atom. The van der Waals surface area contributed by atoms with E-state index in [1.165, 1.54) is 18.5 Å². The van der Waals surface area contributed by atoms with Crippen LogP contribution >= 0.6 is 22.6 Å². The summed E-state index contributed by atoms with van der Waals surface area (Å²) in [7, 11) is 0. The van der Waals surface area contributed by atoms with Crippen LogP contribution in [-0.2, 0) is 0 Å². The Hall–Kier alpha value is -1.87. The molecule has 0 atom stereocenters. The number of aromatic hydroxyl groups is 1. The molecule has 1 amide bonds. The molecule has 0 bridgehead atoms. The smallest absolute Gasteiger partial charge is 0.307 e. The van der Waals surface area contributed by atoms with Crippen molar-refractivity contribution in [2.24, 2.45) is 5.10 Å². The minimum Gasteiger partial charge on any atom is -0.507 e. The van der Waals surface area contributed by atoms with Crippen LogP contribution in [0.3, 0.4) is 0 Å². The van der Waals surface area contributed by atoms with Gasteiger partial charge in [-0.1, -0.05) is 0 Å². The highest BCUT2D eigenvalue weighted by molar-refractivity contribution is 14.1. The molecule has 0 saturated heterocycles. The van der Waals surface area contributed by atoms with Crippen molar-refractivity contribution in [2.75, 3.05) is 0 Å². The zero-order valence-electron chi connectivity index (χ0n) is 9.63. The molecule has 0 radical (unpaired) electrons. The third-order valence-electron chi connectivity index (χ3n) is 2.10. The van der Waals surface area contributed by atoms with E-state index in [2.05, 4.69) is 33.1 Å². The van der Waals surface area contributed by atoms with Gasteiger partial charge in [-0.15, -0.1) is 0 Å². The number of amides is 1. The number of carbonyl (C=O) groups is 1. The minimum absolute atomic E-state index is 0. The van der Waals surface area contributed by atoms with Crippen molar-refractivity contribution in [1.82, 2.24) is 5.43 Å². The Labute approximate surface area is 122 Å². The number of furan rings is 1. The minimum atomic E-state index is -0.443. The molecule has 4 N–H and O–H groups in total. The maximum atomic E-state index is 11.5. The largest absolute Gasteiger partial charge is 0.507 e. The average molecular weight is 374 g/mol. The molecule has 0 saturated carbocycles. The van der Waals surface area contributed by atoms with Crippen LogP contribution in [0.4, 0.5) is 0 Å². The maximum Gasteiger partial charge on any atom is 0.307 e. The molecule has 6 nitrogen and oxygen atoms in total. The highest BCUT2D eigenvalue weighted by atomic mass is 127. The molecule has 0 aliphatic carbocycles. The van der Waals surface area contributed by atoms with E-state index in [9.17, 15) is 9.90 Å². The van der Waals surface area contributed by atoms with Gasteiger partial charge < -0.3 is 15.0 Å². The van der Waals surface area contributed by atoms with Crippen LogP contribution < -0.4 is 5.43 Å². The number of phenolic OH excluding ortho intramolecular Hbond substituents is 1. The highest BCUT2D eigenvalue weighted by Crippen LogP contribution is 2.17. The molecular weight excluding hydrogens is 363 g/mol. The van der Waals surface area contributed by atoms with E-state index in [1.54, 1.807) is 24.3 Å².